The molecule has 138 valence electrons. The van der Waals surface area contributed by atoms with Gasteiger partial charge in [-0.3, -0.25) is 14.9 Å². The summed E-state index contributed by atoms with van der Waals surface area (Å²) in [6.07, 6.45) is -1.08. The SMILES string of the molecule is CC(=O)N1N=C(c2ccccc2I)OC1c1cc2c(cc1[N+](=O)[O-])OCO2. The van der Waals surface area contributed by atoms with E-state index in [4.69, 9.17) is 14.2 Å². The average molecular weight is 481 g/mol. The summed E-state index contributed by atoms with van der Waals surface area (Å²) < 4.78 is 17.3. The summed E-state index contributed by atoms with van der Waals surface area (Å²) in [5.74, 6) is 0.432. The van der Waals surface area contributed by atoms with Crippen molar-refractivity contribution in [2.45, 2.75) is 13.2 Å². The number of hydrogen-bond donors (Lipinski definition) is 0. The van der Waals surface area contributed by atoms with E-state index in [2.05, 4.69) is 27.7 Å². The van der Waals surface area contributed by atoms with E-state index in [1.807, 2.05) is 18.2 Å². The van der Waals surface area contributed by atoms with E-state index in [0.29, 0.717) is 11.3 Å². The molecular formula is C17H12IN3O6. The molecule has 0 N–H and O–H groups in total. The third-order valence-electron chi connectivity index (χ3n) is 4.06. The Bertz CT molecular complexity index is 993. The fourth-order valence-electron chi connectivity index (χ4n) is 2.82. The van der Waals surface area contributed by atoms with Crippen molar-refractivity contribution in [2.75, 3.05) is 6.79 Å². The zero-order valence-corrected chi connectivity index (χ0v) is 16.1. The lowest BCUT2D eigenvalue weighted by Gasteiger charge is -2.19. The quantitative estimate of drug-likeness (QED) is 0.379. The predicted octanol–water partition coefficient (Wildman–Crippen LogP) is 3.17. The number of nitrogens with zero attached hydrogens (tertiary/aromatic N) is 3. The van der Waals surface area contributed by atoms with Crippen LogP contribution < -0.4 is 9.47 Å². The topological polar surface area (TPSA) is 104 Å². The minimum atomic E-state index is -1.08. The summed E-state index contributed by atoms with van der Waals surface area (Å²) >= 11 is 2.13. The summed E-state index contributed by atoms with van der Waals surface area (Å²) in [7, 11) is 0. The molecule has 9 nitrogen and oxygen atoms in total. The smallest absolute Gasteiger partial charge is 0.282 e. The number of hydrazone groups is 1. The van der Waals surface area contributed by atoms with Gasteiger partial charge in [-0.15, -0.1) is 5.10 Å². The van der Waals surface area contributed by atoms with Gasteiger partial charge in [0.1, 0.15) is 0 Å². The number of amides is 1. The fourth-order valence-corrected chi connectivity index (χ4v) is 3.43. The highest BCUT2D eigenvalue weighted by Gasteiger charge is 2.39. The highest BCUT2D eigenvalue weighted by atomic mass is 127. The Hall–Kier alpha value is -2.89. The van der Waals surface area contributed by atoms with Gasteiger partial charge in [-0.1, -0.05) is 12.1 Å². The summed E-state index contributed by atoms with van der Waals surface area (Å²) in [4.78, 5) is 23.1. The summed E-state index contributed by atoms with van der Waals surface area (Å²) in [5.41, 5.74) is 0.606. The lowest BCUT2D eigenvalue weighted by atomic mass is 10.1. The number of carbonyl (C=O) groups is 1. The monoisotopic (exact) mass is 481 g/mol. The van der Waals surface area contributed by atoms with Crippen molar-refractivity contribution in [3.63, 3.8) is 0 Å². The lowest BCUT2D eigenvalue weighted by molar-refractivity contribution is -0.386. The molecule has 0 spiro atoms. The number of rotatable bonds is 3. The number of nitro benzene ring substituents is 1. The zero-order valence-electron chi connectivity index (χ0n) is 13.9. The van der Waals surface area contributed by atoms with Crippen LogP contribution >= 0.6 is 22.6 Å². The second-order valence-electron chi connectivity index (χ2n) is 5.74. The third kappa shape index (κ3) is 3.05. The molecule has 1 amide bonds. The first-order valence-corrected chi connectivity index (χ1v) is 8.91. The van der Waals surface area contributed by atoms with Crippen LogP contribution in [0.25, 0.3) is 0 Å². The van der Waals surface area contributed by atoms with E-state index < -0.39 is 17.1 Å². The van der Waals surface area contributed by atoms with Gasteiger partial charge in [-0.2, -0.15) is 5.01 Å². The van der Waals surface area contributed by atoms with Gasteiger partial charge in [0.25, 0.3) is 5.69 Å². The second-order valence-corrected chi connectivity index (χ2v) is 6.90. The molecular weight excluding hydrogens is 469 g/mol. The highest BCUT2D eigenvalue weighted by molar-refractivity contribution is 14.1. The maximum Gasteiger partial charge on any atom is 0.282 e. The predicted molar refractivity (Wildman–Crippen MR) is 101 cm³/mol. The zero-order chi connectivity index (χ0) is 19.1. The van der Waals surface area contributed by atoms with Crippen molar-refractivity contribution in [3.05, 3.63) is 61.2 Å². The number of fused-ring (bicyclic) bond motifs is 1. The molecule has 2 heterocycles. The van der Waals surface area contributed by atoms with E-state index in [9.17, 15) is 14.9 Å². The minimum absolute atomic E-state index is 0.0259. The first kappa shape index (κ1) is 17.5. The van der Waals surface area contributed by atoms with Crippen molar-refractivity contribution in [1.82, 2.24) is 5.01 Å². The molecule has 2 aliphatic heterocycles. The van der Waals surface area contributed by atoms with Gasteiger partial charge in [-0.25, -0.2) is 0 Å². The number of halogens is 1. The van der Waals surface area contributed by atoms with Crippen LogP contribution in [0.15, 0.2) is 41.5 Å². The van der Waals surface area contributed by atoms with Crippen LogP contribution in [0.5, 0.6) is 11.5 Å². The molecule has 0 aliphatic carbocycles. The Morgan fingerprint density at radius 2 is 2.00 bits per heavy atom. The van der Waals surface area contributed by atoms with E-state index in [1.165, 1.54) is 19.1 Å². The lowest BCUT2D eigenvalue weighted by Crippen LogP contribution is -2.26. The van der Waals surface area contributed by atoms with Gasteiger partial charge in [-0.05, 0) is 34.7 Å². The van der Waals surface area contributed by atoms with Crippen LogP contribution in [0.2, 0.25) is 0 Å². The Balaban J connectivity index is 1.79. The molecule has 2 aromatic rings. The first-order valence-electron chi connectivity index (χ1n) is 7.83. The van der Waals surface area contributed by atoms with Gasteiger partial charge < -0.3 is 14.2 Å². The van der Waals surface area contributed by atoms with Crippen LogP contribution in [0.4, 0.5) is 5.69 Å². The second kappa shape index (κ2) is 6.68. The standard InChI is InChI=1S/C17H12IN3O6/c1-9(22)20-17(27-16(19-20)10-4-2-3-5-12(10)18)11-6-14-15(26-8-25-14)7-13(11)21(23)24/h2-7,17H,8H2,1H3. The molecule has 2 aromatic carbocycles. The number of benzene rings is 2. The maximum absolute atomic E-state index is 12.1. The molecule has 2 aliphatic rings. The number of ether oxygens (including phenoxy) is 3. The van der Waals surface area contributed by atoms with E-state index in [-0.39, 0.29) is 29.7 Å². The van der Waals surface area contributed by atoms with E-state index in [0.717, 1.165) is 8.58 Å². The Morgan fingerprint density at radius 1 is 1.30 bits per heavy atom. The molecule has 4 rings (SSSR count). The summed E-state index contributed by atoms with van der Waals surface area (Å²) in [6, 6.07) is 10.1. The van der Waals surface area contributed by atoms with Gasteiger partial charge >= 0.3 is 0 Å². The maximum atomic E-state index is 12.1. The van der Waals surface area contributed by atoms with Crippen LogP contribution in [0.1, 0.15) is 24.3 Å². The fraction of sp³-hybridized carbons (Fsp3) is 0.176. The van der Waals surface area contributed by atoms with Crippen molar-refractivity contribution in [2.24, 2.45) is 5.10 Å². The molecule has 0 aromatic heterocycles. The van der Waals surface area contributed by atoms with Gasteiger partial charge in [0.05, 0.1) is 22.1 Å². The molecule has 0 bridgehead atoms. The van der Waals surface area contributed by atoms with Crippen LogP contribution in [0, 0.1) is 13.7 Å². The van der Waals surface area contributed by atoms with Gasteiger partial charge in [0.2, 0.25) is 24.8 Å². The van der Waals surface area contributed by atoms with Crippen molar-refractivity contribution >= 4 is 40.1 Å². The van der Waals surface area contributed by atoms with Gasteiger partial charge in [0.15, 0.2) is 11.5 Å². The van der Waals surface area contributed by atoms with Crippen LogP contribution in [0.3, 0.4) is 0 Å². The molecule has 1 unspecified atom stereocenters. The van der Waals surface area contributed by atoms with Crippen LogP contribution in [-0.4, -0.2) is 28.5 Å². The molecule has 0 fully saturated rings. The highest BCUT2D eigenvalue weighted by Crippen LogP contribution is 2.43. The molecule has 0 saturated carbocycles. The van der Waals surface area contributed by atoms with Crippen molar-refractivity contribution < 1.29 is 23.9 Å². The van der Waals surface area contributed by atoms with E-state index >= 15 is 0 Å². The normalized spacial score (nSPS) is 17.5. The molecule has 1 atom stereocenters. The first-order chi connectivity index (χ1) is 13.0. The third-order valence-corrected chi connectivity index (χ3v) is 5.00. The molecule has 0 saturated heterocycles. The van der Waals surface area contributed by atoms with Crippen LogP contribution in [-0.2, 0) is 9.53 Å². The van der Waals surface area contributed by atoms with Crippen molar-refractivity contribution in [1.29, 1.82) is 0 Å². The molecule has 27 heavy (non-hydrogen) atoms. The van der Waals surface area contributed by atoms with Crippen molar-refractivity contribution in [3.8, 4) is 11.5 Å². The summed E-state index contributed by atoms with van der Waals surface area (Å²) in [5, 5.41) is 16.9. The largest absolute Gasteiger partial charge is 0.454 e. The Kier molecular flexibility index (Phi) is 4.34. The number of carbonyl (C=O) groups excluding carboxylic acids is 1. The average Bonchev–Trinajstić information content (AvgIpc) is 3.27. The van der Waals surface area contributed by atoms with E-state index in [1.54, 1.807) is 6.07 Å². The molecule has 10 heteroatoms. The Morgan fingerprint density at radius 3 is 2.67 bits per heavy atom. The Labute approximate surface area is 166 Å². The summed E-state index contributed by atoms with van der Waals surface area (Å²) in [6.45, 7) is 1.29. The minimum Gasteiger partial charge on any atom is -0.454 e. The molecule has 0 radical (unpaired) electrons. The number of hydrogen-bond acceptors (Lipinski definition) is 7. The van der Waals surface area contributed by atoms with Gasteiger partial charge in [0, 0.05) is 16.6 Å². The number of nitro groups is 1.